The predicted octanol–water partition coefficient (Wildman–Crippen LogP) is 1.61. The zero-order valence-electron chi connectivity index (χ0n) is 13.9. The van der Waals surface area contributed by atoms with Gasteiger partial charge in [-0.15, -0.1) is 0 Å². The lowest BCUT2D eigenvalue weighted by Gasteiger charge is -2.31. The van der Waals surface area contributed by atoms with Crippen LogP contribution in [0.1, 0.15) is 12.8 Å². The Morgan fingerprint density at radius 2 is 1.83 bits per heavy atom. The summed E-state index contributed by atoms with van der Waals surface area (Å²) >= 11 is 0. The number of para-hydroxylation sites is 1. The van der Waals surface area contributed by atoms with Crippen molar-refractivity contribution in [2.45, 2.75) is 12.8 Å². The number of carbonyl (C=O) groups excluding carboxylic acids is 2. The third-order valence-electron chi connectivity index (χ3n) is 4.04. The van der Waals surface area contributed by atoms with Gasteiger partial charge in [0.2, 0.25) is 5.91 Å². The molecule has 0 aliphatic carbocycles. The fourth-order valence-corrected chi connectivity index (χ4v) is 2.62. The number of hydrogen-bond donors (Lipinski definition) is 2. The molecule has 0 radical (unpaired) electrons. The molecule has 2 rings (SSSR count). The molecule has 1 aromatic carbocycles. The standard InChI is InChI=1S/C17H26N4O2/c1-20(2)13-10-18-16(22)14-8-11-21(12-9-14)17(23)19-15-6-4-3-5-7-15/h3-7,14H,8-13H2,1-2H3,(H,18,22)(H,19,23). The molecular formula is C17H26N4O2. The van der Waals surface area contributed by atoms with Crippen LogP contribution in [0.4, 0.5) is 10.5 Å². The van der Waals surface area contributed by atoms with Crippen LogP contribution in [0.25, 0.3) is 0 Å². The lowest BCUT2D eigenvalue weighted by atomic mass is 9.96. The smallest absolute Gasteiger partial charge is 0.321 e. The summed E-state index contributed by atoms with van der Waals surface area (Å²) in [7, 11) is 3.96. The average molecular weight is 318 g/mol. The molecule has 0 unspecified atom stereocenters. The predicted molar refractivity (Wildman–Crippen MR) is 91.3 cm³/mol. The van der Waals surface area contributed by atoms with Gasteiger partial charge in [0.15, 0.2) is 0 Å². The Kier molecular flexibility index (Phi) is 6.40. The Morgan fingerprint density at radius 3 is 2.43 bits per heavy atom. The van der Waals surface area contributed by atoms with Crippen molar-refractivity contribution in [2.24, 2.45) is 5.92 Å². The minimum Gasteiger partial charge on any atom is -0.355 e. The molecule has 3 amide bonds. The highest BCUT2D eigenvalue weighted by atomic mass is 16.2. The summed E-state index contributed by atoms with van der Waals surface area (Å²) in [6.45, 7) is 2.74. The van der Waals surface area contributed by atoms with Gasteiger partial charge in [0, 0.05) is 37.8 Å². The highest BCUT2D eigenvalue weighted by Crippen LogP contribution is 2.18. The van der Waals surface area contributed by atoms with Crippen molar-refractivity contribution >= 4 is 17.6 Å². The minimum atomic E-state index is -0.0948. The van der Waals surface area contributed by atoms with Gasteiger partial charge >= 0.3 is 6.03 Å². The van der Waals surface area contributed by atoms with Crippen LogP contribution in [0.15, 0.2) is 30.3 Å². The topological polar surface area (TPSA) is 64.7 Å². The van der Waals surface area contributed by atoms with E-state index in [0.29, 0.717) is 19.6 Å². The number of anilines is 1. The highest BCUT2D eigenvalue weighted by Gasteiger charge is 2.27. The fraction of sp³-hybridized carbons (Fsp3) is 0.529. The van der Waals surface area contributed by atoms with E-state index >= 15 is 0 Å². The minimum absolute atomic E-state index is 0.0120. The van der Waals surface area contributed by atoms with E-state index in [9.17, 15) is 9.59 Å². The SMILES string of the molecule is CN(C)CCNC(=O)C1CCN(C(=O)Nc2ccccc2)CC1. The number of nitrogens with one attached hydrogen (secondary N) is 2. The Morgan fingerprint density at radius 1 is 1.17 bits per heavy atom. The molecule has 6 heteroatoms. The van der Waals surface area contributed by atoms with E-state index in [1.54, 1.807) is 4.90 Å². The zero-order chi connectivity index (χ0) is 16.7. The molecule has 0 saturated carbocycles. The molecule has 0 spiro atoms. The van der Waals surface area contributed by atoms with Gasteiger partial charge < -0.3 is 20.4 Å². The maximum atomic E-state index is 12.2. The number of nitrogens with zero attached hydrogens (tertiary/aromatic N) is 2. The van der Waals surface area contributed by atoms with Crippen molar-refractivity contribution in [2.75, 3.05) is 45.6 Å². The van der Waals surface area contributed by atoms with E-state index in [1.807, 2.05) is 49.3 Å². The lowest BCUT2D eigenvalue weighted by Crippen LogP contribution is -2.45. The third-order valence-corrected chi connectivity index (χ3v) is 4.04. The van der Waals surface area contributed by atoms with E-state index < -0.39 is 0 Å². The lowest BCUT2D eigenvalue weighted by molar-refractivity contribution is -0.126. The van der Waals surface area contributed by atoms with Gasteiger partial charge in [0.05, 0.1) is 0 Å². The van der Waals surface area contributed by atoms with Crippen LogP contribution in [0, 0.1) is 5.92 Å². The average Bonchev–Trinajstić information content (AvgIpc) is 2.55. The van der Waals surface area contributed by atoms with Crippen LogP contribution >= 0.6 is 0 Å². The molecule has 126 valence electrons. The first-order valence-corrected chi connectivity index (χ1v) is 8.09. The van der Waals surface area contributed by atoms with Crippen LogP contribution in [-0.4, -0.2) is 62.0 Å². The second kappa shape index (κ2) is 8.53. The zero-order valence-corrected chi connectivity index (χ0v) is 13.9. The summed E-state index contributed by atoms with van der Waals surface area (Å²) in [6, 6.07) is 9.32. The Hall–Kier alpha value is -2.08. The molecule has 1 aliphatic heterocycles. The summed E-state index contributed by atoms with van der Waals surface area (Å²) in [5.41, 5.74) is 0.793. The fourth-order valence-electron chi connectivity index (χ4n) is 2.62. The molecule has 2 N–H and O–H groups in total. The first kappa shape index (κ1) is 17.3. The van der Waals surface area contributed by atoms with Gasteiger partial charge in [-0.25, -0.2) is 4.79 Å². The van der Waals surface area contributed by atoms with E-state index in [2.05, 4.69) is 10.6 Å². The number of urea groups is 1. The van der Waals surface area contributed by atoms with Gasteiger partial charge in [0.25, 0.3) is 0 Å². The quantitative estimate of drug-likeness (QED) is 0.867. The van der Waals surface area contributed by atoms with Crippen LogP contribution in [-0.2, 0) is 4.79 Å². The normalized spacial score (nSPS) is 15.5. The second-order valence-electron chi connectivity index (χ2n) is 6.15. The Labute approximate surface area is 137 Å². The van der Waals surface area contributed by atoms with E-state index in [1.165, 1.54) is 0 Å². The first-order valence-electron chi connectivity index (χ1n) is 8.09. The maximum Gasteiger partial charge on any atom is 0.321 e. The van der Waals surface area contributed by atoms with Crippen LogP contribution in [0.3, 0.4) is 0 Å². The van der Waals surface area contributed by atoms with Crippen LogP contribution < -0.4 is 10.6 Å². The molecule has 1 saturated heterocycles. The van der Waals surface area contributed by atoms with Crippen molar-refractivity contribution in [3.63, 3.8) is 0 Å². The molecule has 23 heavy (non-hydrogen) atoms. The van der Waals surface area contributed by atoms with Crippen molar-refractivity contribution in [1.82, 2.24) is 15.1 Å². The summed E-state index contributed by atoms with van der Waals surface area (Å²) in [5.74, 6) is 0.118. The van der Waals surface area contributed by atoms with E-state index in [4.69, 9.17) is 0 Å². The monoisotopic (exact) mass is 318 g/mol. The summed E-state index contributed by atoms with van der Waals surface area (Å²) in [5, 5.41) is 5.85. The molecule has 0 bridgehead atoms. The van der Waals surface area contributed by atoms with Crippen LogP contribution in [0.5, 0.6) is 0 Å². The maximum absolute atomic E-state index is 12.2. The molecule has 1 aromatic rings. The van der Waals surface area contributed by atoms with Crippen molar-refractivity contribution in [1.29, 1.82) is 0 Å². The van der Waals surface area contributed by atoms with Gasteiger partial charge in [0.1, 0.15) is 0 Å². The first-order chi connectivity index (χ1) is 11.1. The van der Waals surface area contributed by atoms with Crippen LogP contribution in [0.2, 0.25) is 0 Å². The summed E-state index contributed by atoms with van der Waals surface area (Å²) in [4.78, 5) is 28.1. The van der Waals surface area contributed by atoms with E-state index in [0.717, 1.165) is 25.1 Å². The Bertz CT molecular complexity index is 511. The van der Waals surface area contributed by atoms with Crippen molar-refractivity contribution in [3.05, 3.63) is 30.3 Å². The molecule has 1 heterocycles. The summed E-state index contributed by atoms with van der Waals surface area (Å²) < 4.78 is 0. The molecule has 1 fully saturated rings. The van der Waals surface area contributed by atoms with Gasteiger partial charge in [-0.05, 0) is 39.1 Å². The van der Waals surface area contributed by atoms with Gasteiger partial charge in [-0.1, -0.05) is 18.2 Å². The second-order valence-corrected chi connectivity index (χ2v) is 6.15. The molecular weight excluding hydrogens is 292 g/mol. The molecule has 0 aromatic heterocycles. The molecule has 6 nitrogen and oxygen atoms in total. The number of benzene rings is 1. The number of amides is 3. The van der Waals surface area contributed by atoms with Gasteiger partial charge in [-0.2, -0.15) is 0 Å². The number of piperidine rings is 1. The number of hydrogen-bond acceptors (Lipinski definition) is 3. The summed E-state index contributed by atoms with van der Waals surface area (Å²) in [6.07, 6.45) is 1.44. The number of likely N-dealkylation sites (tertiary alicyclic amines) is 1. The number of likely N-dealkylation sites (N-methyl/N-ethyl adjacent to an activating group) is 1. The molecule has 1 aliphatic rings. The Balaban J connectivity index is 1.73. The van der Waals surface area contributed by atoms with E-state index in [-0.39, 0.29) is 17.9 Å². The van der Waals surface area contributed by atoms with Gasteiger partial charge in [-0.3, -0.25) is 4.79 Å². The largest absolute Gasteiger partial charge is 0.355 e. The van der Waals surface area contributed by atoms with Crippen molar-refractivity contribution < 1.29 is 9.59 Å². The highest BCUT2D eigenvalue weighted by molar-refractivity contribution is 5.89. The number of carbonyl (C=O) groups is 2. The third kappa shape index (κ3) is 5.56. The van der Waals surface area contributed by atoms with Crippen molar-refractivity contribution in [3.8, 4) is 0 Å². The number of rotatable bonds is 5. The molecule has 0 atom stereocenters.